The first-order chi connectivity index (χ1) is 12.0. The molecule has 0 saturated carbocycles. The van der Waals surface area contributed by atoms with Crippen molar-refractivity contribution in [2.45, 2.75) is 31.0 Å². The van der Waals surface area contributed by atoms with E-state index in [1.54, 1.807) is 22.0 Å². The molecule has 3 rings (SSSR count). The largest absolute Gasteiger partial charge is 0.341 e. The SMILES string of the molecule is C=CCn1c(SCC(=O)NC(=O)NC)nc2sc3c(c2c1=O)CCC3. The summed E-state index contributed by atoms with van der Waals surface area (Å²) in [7, 11) is 1.43. The van der Waals surface area contributed by atoms with Gasteiger partial charge in [0, 0.05) is 18.5 Å². The van der Waals surface area contributed by atoms with Crippen LogP contribution in [0, 0.1) is 0 Å². The number of hydrogen-bond acceptors (Lipinski definition) is 6. The second-order valence-corrected chi connectivity index (χ2v) is 7.58. The number of nitrogens with one attached hydrogen (secondary N) is 2. The highest BCUT2D eigenvalue weighted by Crippen LogP contribution is 2.35. The second-order valence-electron chi connectivity index (χ2n) is 5.55. The van der Waals surface area contributed by atoms with Crippen molar-refractivity contribution < 1.29 is 9.59 Å². The van der Waals surface area contributed by atoms with Crippen molar-refractivity contribution in [2.75, 3.05) is 12.8 Å². The third kappa shape index (κ3) is 3.47. The highest BCUT2D eigenvalue weighted by atomic mass is 32.2. The molecule has 3 amide bonds. The van der Waals surface area contributed by atoms with Gasteiger partial charge in [0.1, 0.15) is 4.83 Å². The Balaban J connectivity index is 1.93. The van der Waals surface area contributed by atoms with Gasteiger partial charge in [-0.1, -0.05) is 17.8 Å². The van der Waals surface area contributed by atoms with Crippen molar-refractivity contribution in [1.82, 2.24) is 20.2 Å². The first kappa shape index (κ1) is 17.7. The maximum atomic E-state index is 12.9. The van der Waals surface area contributed by atoms with Gasteiger partial charge in [0.05, 0.1) is 11.1 Å². The van der Waals surface area contributed by atoms with Crippen molar-refractivity contribution in [1.29, 1.82) is 0 Å². The predicted octanol–water partition coefficient (Wildman–Crippen LogP) is 1.68. The number of nitrogens with zero attached hydrogens (tertiary/aromatic N) is 2. The lowest BCUT2D eigenvalue weighted by molar-refractivity contribution is -0.117. The van der Waals surface area contributed by atoms with Gasteiger partial charge >= 0.3 is 6.03 Å². The molecule has 1 aliphatic carbocycles. The summed E-state index contributed by atoms with van der Waals surface area (Å²) in [5.74, 6) is -0.453. The Bertz CT molecular complexity index is 916. The van der Waals surface area contributed by atoms with Crippen LogP contribution in [-0.2, 0) is 24.2 Å². The summed E-state index contributed by atoms with van der Waals surface area (Å²) in [4.78, 5) is 42.5. The highest BCUT2D eigenvalue weighted by Gasteiger charge is 2.23. The summed E-state index contributed by atoms with van der Waals surface area (Å²) in [6, 6.07) is -0.563. The maximum absolute atomic E-state index is 12.9. The van der Waals surface area contributed by atoms with Gasteiger partial charge in [-0.2, -0.15) is 0 Å². The zero-order valence-corrected chi connectivity index (χ0v) is 15.4. The van der Waals surface area contributed by atoms with Gasteiger partial charge in [-0.25, -0.2) is 9.78 Å². The number of fused-ring (bicyclic) bond motifs is 3. The number of hydrogen-bond donors (Lipinski definition) is 2. The number of aromatic nitrogens is 2. The Morgan fingerprint density at radius 3 is 2.96 bits per heavy atom. The van der Waals surface area contributed by atoms with Crippen molar-refractivity contribution in [2.24, 2.45) is 0 Å². The molecule has 0 saturated heterocycles. The van der Waals surface area contributed by atoms with E-state index in [0.29, 0.717) is 17.1 Å². The Kier molecular flexibility index (Phi) is 5.24. The highest BCUT2D eigenvalue weighted by molar-refractivity contribution is 7.99. The lowest BCUT2D eigenvalue weighted by Crippen LogP contribution is -2.38. The molecule has 0 fully saturated rings. The average Bonchev–Trinajstić information content (AvgIpc) is 3.16. The number of urea groups is 1. The number of carbonyl (C=O) groups excluding carboxylic acids is 2. The maximum Gasteiger partial charge on any atom is 0.321 e. The average molecular weight is 378 g/mol. The molecular formula is C16H18N4O3S2. The van der Waals surface area contributed by atoms with Crippen LogP contribution in [0.25, 0.3) is 10.2 Å². The van der Waals surface area contributed by atoms with Crippen LogP contribution in [0.4, 0.5) is 4.79 Å². The van der Waals surface area contributed by atoms with Gasteiger partial charge in [0.2, 0.25) is 5.91 Å². The monoisotopic (exact) mass is 378 g/mol. The minimum atomic E-state index is -0.563. The smallest absolute Gasteiger partial charge is 0.321 e. The summed E-state index contributed by atoms with van der Waals surface area (Å²) in [5.41, 5.74) is 1.04. The fourth-order valence-electron chi connectivity index (χ4n) is 2.81. The third-order valence-corrected chi connectivity index (χ3v) is 6.08. The summed E-state index contributed by atoms with van der Waals surface area (Å²) in [6.45, 7) is 4.02. The van der Waals surface area contributed by atoms with E-state index in [2.05, 4.69) is 22.2 Å². The standard InChI is InChI=1S/C16H18N4O3S2/c1-3-7-20-14(22)12-9-5-4-6-10(9)25-13(12)19-16(20)24-8-11(21)18-15(23)17-2/h3H,1,4-8H2,2H3,(H2,17,18,21,23). The second kappa shape index (κ2) is 7.40. The minimum absolute atomic E-state index is 0.00635. The van der Waals surface area contributed by atoms with E-state index in [4.69, 9.17) is 0 Å². The van der Waals surface area contributed by atoms with E-state index in [0.717, 1.165) is 41.4 Å². The molecule has 1 aliphatic rings. The molecular weight excluding hydrogens is 360 g/mol. The van der Waals surface area contributed by atoms with E-state index >= 15 is 0 Å². The van der Waals surface area contributed by atoms with Crippen LogP contribution in [0.1, 0.15) is 16.9 Å². The normalized spacial score (nSPS) is 12.8. The molecule has 0 atom stereocenters. The van der Waals surface area contributed by atoms with E-state index in [1.165, 1.54) is 11.9 Å². The van der Waals surface area contributed by atoms with Gasteiger partial charge in [-0.3, -0.25) is 19.5 Å². The van der Waals surface area contributed by atoms with E-state index in [-0.39, 0.29) is 11.3 Å². The lowest BCUT2D eigenvalue weighted by Gasteiger charge is -2.10. The summed E-state index contributed by atoms with van der Waals surface area (Å²) in [6.07, 6.45) is 4.62. The fraction of sp³-hybridized carbons (Fsp3) is 0.375. The van der Waals surface area contributed by atoms with Crippen LogP contribution < -0.4 is 16.2 Å². The van der Waals surface area contributed by atoms with Crippen LogP contribution in [0.3, 0.4) is 0 Å². The molecule has 7 nitrogen and oxygen atoms in total. The molecule has 2 heterocycles. The number of imide groups is 1. The topological polar surface area (TPSA) is 93.1 Å². The summed E-state index contributed by atoms with van der Waals surface area (Å²) < 4.78 is 1.54. The van der Waals surface area contributed by atoms with Crippen LogP contribution in [-0.4, -0.2) is 34.3 Å². The molecule has 132 valence electrons. The van der Waals surface area contributed by atoms with Gasteiger partial charge in [0.15, 0.2) is 5.16 Å². The molecule has 0 bridgehead atoms. The predicted molar refractivity (Wildman–Crippen MR) is 99.4 cm³/mol. The number of amides is 3. The van der Waals surface area contributed by atoms with Crippen molar-refractivity contribution >= 4 is 45.3 Å². The zero-order chi connectivity index (χ0) is 18.0. The van der Waals surface area contributed by atoms with Gasteiger partial charge in [-0.15, -0.1) is 17.9 Å². The molecule has 2 N–H and O–H groups in total. The third-order valence-electron chi connectivity index (χ3n) is 3.91. The van der Waals surface area contributed by atoms with Crippen molar-refractivity contribution in [3.05, 3.63) is 33.4 Å². The molecule has 0 aliphatic heterocycles. The number of thioether (sulfide) groups is 1. The zero-order valence-electron chi connectivity index (χ0n) is 13.8. The lowest BCUT2D eigenvalue weighted by atomic mass is 10.2. The molecule has 0 spiro atoms. The molecule has 0 unspecified atom stereocenters. The molecule has 2 aromatic rings. The van der Waals surface area contributed by atoms with Crippen LogP contribution in [0.2, 0.25) is 0 Å². The number of rotatable bonds is 5. The number of carbonyl (C=O) groups is 2. The Labute approximate surface area is 152 Å². The number of aryl methyl sites for hydroxylation is 2. The first-order valence-corrected chi connectivity index (χ1v) is 9.65. The Morgan fingerprint density at radius 1 is 1.44 bits per heavy atom. The quantitative estimate of drug-likeness (QED) is 0.469. The van der Waals surface area contributed by atoms with Gasteiger partial charge in [-0.05, 0) is 24.8 Å². The molecule has 0 aromatic carbocycles. The summed E-state index contributed by atoms with van der Waals surface area (Å²) >= 11 is 2.70. The van der Waals surface area contributed by atoms with Crippen LogP contribution >= 0.6 is 23.1 Å². The number of thiophene rings is 1. The van der Waals surface area contributed by atoms with E-state index in [9.17, 15) is 14.4 Å². The Morgan fingerprint density at radius 2 is 2.24 bits per heavy atom. The van der Waals surface area contributed by atoms with E-state index in [1.807, 2.05) is 0 Å². The van der Waals surface area contributed by atoms with Gasteiger partial charge < -0.3 is 5.32 Å². The minimum Gasteiger partial charge on any atom is -0.341 e. The van der Waals surface area contributed by atoms with E-state index < -0.39 is 11.9 Å². The molecule has 0 radical (unpaired) electrons. The first-order valence-electron chi connectivity index (χ1n) is 7.85. The van der Waals surface area contributed by atoms with Crippen LogP contribution in [0.15, 0.2) is 22.6 Å². The fourth-order valence-corrected chi connectivity index (χ4v) is 4.92. The molecule has 9 heteroatoms. The van der Waals surface area contributed by atoms with Gasteiger partial charge in [0.25, 0.3) is 5.56 Å². The Hall–Kier alpha value is -2.13. The van der Waals surface area contributed by atoms with Crippen molar-refractivity contribution in [3.63, 3.8) is 0 Å². The number of allylic oxidation sites excluding steroid dienone is 1. The molecule has 2 aromatic heterocycles. The molecule has 25 heavy (non-hydrogen) atoms. The van der Waals surface area contributed by atoms with Crippen LogP contribution in [0.5, 0.6) is 0 Å². The van der Waals surface area contributed by atoms with Crippen molar-refractivity contribution in [3.8, 4) is 0 Å². The summed E-state index contributed by atoms with van der Waals surface area (Å²) in [5, 5.41) is 5.68.